The maximum atomic E-state index is 12.1. The van der Waals surface area contributed by atoms with Gasteiger partial charge in [0, 0.05) is 24.3 Å². The van der Waals surface area contributed by atoms with Crippen molar-refractivity contribution in [2.45, 2.75) is 34.1 Å². The molecule has 0 heterocycles. The average molecular weight is 296 g/mol. The number of hydrogen-bond acceptors (Lipinski definition) is 2. The minimum absolute atomic E-state index is 0.0367. The predicted molar refractivity (Wildman–Crippen MR) is 93.6 cm³/mol. The smallest absolute Gasteiger partial charge is 0.226 e. The molecule has 3 nitrogen and oxygen atoms in total. The Morgan fingerprint density at radius 1 is 0.909 bits per heavy atom. The lowest BCUT2D eigenvalue weighted by molar-refractivity contribution is -0.115. The van der Waals surface area contributed by atoms with Crippen molar-refractivity contribution < 1.29 is 4.79 Å². The van der Waals surface area contributed by atoms with Crippen LogP contribution in [0.15, 0.2) is 36.4 Å². The summed E-state index contributed by atoms with van der Waals surface area (Å²) in [6.45, 7) is 8.81. The zero-order valence-corrected chi connectivity index (χ0v) is 13.8. The first kappa shape index (κ1) is 16.1. The van der Waals surface area contributed by atoms with Crippen molar-refractivity contribution in [3.8, 4) is 0 Å². The summed E-state index contributed by atoms with van der Waals surface area (Å²) in [5.74, 6) is 0.0367. The third-order valence-electron chi connectivity index (χ3n) is 3.67. The van der Waals surface area contributed by atoms with E-state index in [-0.39, 0.29) is 5.91 Å². The van der Waals surface area contributed by atoms with Crippen molar-refractivity contribution in [1.29, 1.82) is 0 Å². The van der Waals surface area contributed by atoms with Gasteiger partial charge in [-0.3, -0.25) is 4.79 Å². The van der Waals surface area contributed by atoms with Crippen LogP contribution in [0.4, 0.5) is 11.4 Å². The second-order valence-electron chi connectivity index (χ2n) is 5.86. The predicted octanol–water partition coefficient (Wildman–Crippen LogP) is 4.36. The first-order valence-corrected chi connectivity index (χ1v) is 7.64. The molecular formula is C19H24N2O. The molecule has 0 fully saturated rings. The summed E-state index contributed by atoms with van der Waals surface area (Å²) in [5, 5.41) is 6.29. The van der Waals surface area contributed by atoms with Crippen LogP contribution in [0.1, 0.15) is 28.7 Å². The molecule has 0 bridgehead atoms. The van der Waals surface area contributed by atoms with Gasteiger partial charge in [-0.05, 0) is 51.0 Å². The van der Waals surface area contributed by atoms with Gasteiger partial charge in [0.15, 0.2) is 0 Å². The summed E-state index contributed by atoms with van der Waals surface area (Å²) in [6.07, 6.45) is 0.445. The van der Waals surface area contributed by atoms with Crippen molar-refractivity contribution in [2.75, 3.05) is 17.2 Å². The summed E-state index contributed by atoms with van der Waals surface area (Å²) in [4.78, 5) is 12.1. The highest BCUT2D eigenvalue weighted by Crippen LogP contribution is 2.22. The Labute approximate surface area is 132 Å². The Kier molecular flexibility index (Phi) is 5.21. The fourth-order valence-corrected chi connectivity index (χ4v) is 2.57. The average Bonchev–Trinajstić information content (AvgIpc) is 2.45. The molecule has 0 aromatic heterocycles. The van der Waals surface area contributed by atoms with Gasteiger partial charge in [0.1, 0.15) is 0 Å². The number of hydrogen-bond donors (Lipinski definition) is 2. The maximum absolute atomic E-state index is 12.1. The highest BCUT2D eigenvalue weighted by Gasteiger charge is 2.08. The summed E-state index contributed by atoms with van der Waals surface area (Å²) in [5.41, 5.74) is 6.64. The van der Waals surface area contributed by atoms with Gasteiger partial charge in [-0.1, -0.05) is 35.4 Å². The molecule has 116 valence electrons. The van der Waals surface area contributed by atoms with E-state index in [2.05, 4.69) is 48.7 Å². The zero-order chi connectivity index (χ0) is 16.1. The van der Waals surface area contributed by atoms with Gasteiger partial charge in [-0.2, -0.15) is 0 Å². The lowest BCUT2D eigenvalue weighted by Gasteiger charge is -2.13. The molecule has 0 aliphatic carbocycles. The van der Waals surface area contributed by atoms with Crippen molar-refractivity contribution >= 4 is 17.3 Å². The van der Waals surface area contributed by atoms with Crippen LogP contribution < -0.4 is 10.6 Å². The first-order chi connectivity index (χ1) is 10.5. The van der Waals surface area contributed by atoms with E-state index in [0.29, 0.717) is 13.0 Å². The zero-order valence-electron chi connectivity index (χ0n) is 13.8. The Morgan fingerprint density at radius 3 is 2.09 bits per heavy atom. The molecule has 0 atom stereocenters. The van der Waals surface area contributed by atoms with Crippen LogP contribution in [0.3, 0.4) is 0 Å². The molecule has 0 saturated heterocycles. The topological polar surface area (TPSA) is 41.1 Å². The molecule has 3 heteroatoms. The summed E-state index contributed by atoms with van der Waals surface area (Å²) in [7, 11) is 0. The largest absolute Gasteiger partial charge is 0.385 e. The third-order valence-corrected chi connectivity index (χ3v) is 3.67. The normalized spacial score (nSPS) is 10.4. The van der Waals surface area contributed by atoms with Crippen molar-refractivity contribution in [3.05, 3.63) is 58.7 Å². The van der Waals surface area contributed by atoms with Crippen LogP contribution in [0.5, 0.6) is 0 Å². The number of aryl methyl sites for hydroxylation is 4. The number of benzene rings is 2. The molecule has 2 aromatic carbocycles. The number of nitrogens with one attached hydrogen (secondary N) is 2. The summed E-state index contributed by atoms with van der Waals surface area (Å²) < 4.78 is 0. The van der Waals surface area contributed by atoms with Crippen molar-refractivity contribution in [1.82, 2.24) is 0 Å². The number of amides is 1. The second kappa shape index (κ2) is 7.12. The summed E-state index contributed by atoms with van der Waals surface area (Å²) in [6, 6.07) is 12.4. The van der Waals surface area contributed by atoms with Crippen LogP contribution >= 0.6 is 0 Å². The third kappa shape index (κ3) is 4.35. The van der Waals surface area contributed by atoms with E-state index in [1.165, 1.54) is 11.1 Å². The van der Waals surface area contributed by atoms with Gasteiger partial charge in [-0.25, -0.2) is 0 Å². The van der Waals surface area contributed by atoms with Crippen LogP contribution in [-0.2, 0) is 4.79 Å². The van der Waals surface area contributed by atoms with Crippen LogP contribution in [0.25, 0.3) is 0 Å². The number of anilines is 2. The van der Waals surface area contributed by atoms with Crippen LogP contribution in [0, 0.1) is 27.7 Å². The van der Waals surface area contributed by atoms with E-state index < -0.39 is 0 Å². The molecule has 0 aliphatic heterocycles. The standard InChI is InChI=1S/C19H24N2O/c1-13-5-7-17(8-6-13)20-10-9-18(22)21-19-15(3)11-14(2)12-16(19)4/h5-8,11-12,20H,9-10H2,1-4H3,(H,21,22). The molecule has 2 N–H and O–H groups in total. The van der Waals surface area contributed by atoms with Crippen LogP contribution in [-0.4, -0.2) is 12.5 Å². The van der Waals surface area contributed by atoms with E-state index in [1.807, 2.05) is 26.0 Å². The quantitative estimate of drug-likeness (QED) is 0.860. The number of rotatable bonds is 5. The van der Waals surface area contributed by atoms with Crippen molar-refractivity contribution in [2.24, 2.45) is 0 Å². The minimum Gasteiger partial charge on any atom is -0.385 e. The number of carbonyl (C=O) groups excluding carboxylic acids is 1. The molecule has 22 heavy (non-hydrogen) atoms. The Hall–Kier alpha value is -2.29. The molecule has 1 amide bonds. The van der Waals surface area contributed by atoms with Gasteiger partial charge in [-0.15, -0.1) is 0 Å². The maximum Gasteiger partial charge on any atom is 0.226 e. The molecule has 0 aliphatic rings. The van der Waals surface area contributed by atoms with E-state index in [1.54, 1.807) is 0 Å². The Bertz CT molecular complexity index is 637. The van der Waals surface area contributed by atoms with E-state index in [0.717, 1.165) is 22.5 Å². The molecule has 0 spiro atoms. The Morgan fingerprint density at radius 2 is 1.50 bits per heavy atom. The van der Waals surface area contributed by atoms with Gasteiger partial charge in [0.2, 0.25) is 5.91 Å². The fourth-order valence-electron chi connectivity index (χ4n) is 2.57. The lowest BCUT2D eigenvalue weighted by Crippen LogP contribution is -2.17. The highest BCUT2D eigenvalue weighted by molar-refractivity contribution is 5.92. The second-order valence-corrected chi connectivity index (χ2v) is 5.86. The van der Waals surface area contributed by atoms with E-state index in [9.17, 15) is 4.79 Å². The molecule has 0 unspecified atom stereocenters. The number of carbonyl (C=O) groups is 1. The molecule has 2 rings (SSSR count). The van der Waals surface area contributed by atoms with E-state index in [4.69, 9.17) is 0 Å². The first-order valence-electron chi connectivity index (χ1n) is 7.64. The van der Waals surface area contributed by atoms with Gasteiger partial charge in [0.05, 0.1) is 0 Å². The van der Waals surface area contributed by atoms with Crippen molar-refractivity contribution in [3.63, 3.8) is 0 Å². The van der Waals surface area contributed by atoms with Crippen LogP contribution in [0.2, 0.25) is 0 Å². The Balaban J connectivity index is 1.87. The minimum atomic E-state index is 0.0367. The molecular weight excluding hydrogens is 272 g/mol. The fraction of sp³-hybridized carbons (Fsp3) is 0.316. The van der Waals surface area contributed by atoms with Gasteiger partial charge >= 0.3 is 0 Å². The highest BCUT2D eigenvalue weighted by atomic mass is 16.1. The van der Waals surface area contributed by atoms with Gasteiger partial charge in [0.25, 0.3) is 0 Å². The monoisotopic (exact) mass is 296 g/mol. The SMILES string of the molecule is Cc1ccc(NCCC(=O)Nc2c(C)cc(C)cc2C)cc1. The molecule has 0 radical (unpaired) electrons. The molecule has 0 saturated carbocycles. The molecule has 2 aromatic rings. The summed E-state index contributed by atoms with van der Waals surface area (Å²) >= 11 is 0. The lowest BCUT2D eigenvalue weighted by atomic mass is 10.1. The van der Waals surface area contributed by atoms with E-state index >= 15 is 0 Å². The van der Waals surface area contributed by atoms with Gasteiger partial charge < -0.3 is 10.6 Å².